The first-order valence-corrected chi connectivity index (χ1v) is 12.3. The SMILES string of the molecule is O=C(OCC1c2ccccc2-c2ccccc21)N1C2CCC1CC(O)(Cc1cc(F)c(F)c(F)c1)C2. The van der Waals surface area contributed by atoms with Gasteiger partial charge in [0.2, 0.25) is 0 Å². The van der Waals surface area contributed by atoms with Gasteiger partial charge in [0, 0.05) is 24.4 Å². The molecular formula is C29H26F3NO3. The smallest absolute Gasteiger partial charge is 0.410 e. The molecule has 2 fully saturated rings. The number of piperidine rings is 1. The second-order valence-corrected chi connectivity index (χ2v) is 10.3. The van der Waals surface area contributed by atoms with Crippen molar-refractivity contribution >= 4 is 6.09 Å². The highest BCUT2D eigenvalue weighted by molar-refractivity contribution is 5.79. The molecule has 0 radical (unpaired) electrons. The molecule has 3 aromatic carbocycles. The summed E-state index contributed by atoms with van der Waals surface area (Å²) in [4.78, 5) is 14.9. The van der Waals surface area contributed by atoms with Gasteiger partial charge in [0.25, 0.3) is 0 Å². The van der Waals surface area contributed by atoms with E-state index in [0.29, 0.717) is 0 Å². The molecule has 4 nitrogen and oxygen atoms in total. The highest BCUT2D eigenvalue weighted by Gasteiger charge is 2.50. The van der Waals surface area contributed by atoms with Crippen LogP contribution in [-0.4, -0.2) is 40.4 Å². The molecular weight excluding hydrogens is 467 g/mol. The predicted octanol–water partition coefficient (Wildman–Crippen LogP) is 5.95. The number of halogens is 3. The minimum atomic E-state index is -1.52. The van der Waals surface area contributed by atoms with Crippen LogP contribution in [0, 0.1) is 17.5 Å². The lowest BCUT2D eigenvalue weighted by Crippen LogP contribution is -2.54. The third-order valence-corrected chi connectivity index (χ3v) is 7.97. The molecule has 6 rings (SSSR count). The molecule has 2 bridgehead atoms. The Hall–Kier alpha value is -3.32. The Kier molecular flexibility index (Phi) is 5.56. The van der Waals surface area contributed by atoms with Crippen LogP contribution in [-0.2, 0) is 11.2 Å². The van der Waals surface area contributed by atoms with E-state index in [1.54, 1.807) is 4.90 Å². The molecule has 3 aliphatic rings. The van der Waals surface area contributed by atoms with Crippen molar-refractivity contribution < 1.29 is 27.8 Å². The number of amides is 1. The summed E-state index contributed by atoms with van der Waals surface area (Å²) in [6.45, 7) is 0.223. The summed E-state index contributed by atoms with van der Waals surface area (Å²) >= 11 is 0. The van der Waals surface area contributed by atoms with Crippen LogP contribution >= 0.6 is 0 Å². The second-order valence-electron chi connectivity index (χ2n) is 10.3. The average molecular weight is 494 g/mol. The Morgan fingerprint density at radius 3 is 2.00 bits per heavy atom. The number of hydrogen-bond acceptors (Lipinski definition) is 3. The van der Waals surface area contributed by atoms with Crippen molar-refractivity contribution in [3.8, 4) is 11.1 Å². The molecule has 7 heteroatoms. The maximum atomic E-state index is 13.7. The molecule has 2 aliphatic heterocycles. The molecule has 0 aromatic heterocycles. The molecule has 0 saturated carbocycles. The van der Waals surface area contributed by atoms with Gasteiger partial charge in [0.05, 0.1) is 5.60 Å². The van der Waals surface area contributed by atoms with E-state index in [1.165, 1.54) is 0 Å². The zero-order chi connectivity index (χ0) is 25.0. The van der Waals surface area contributed by atoms with Gasteiger partial charge in [0.15, 0.2) is 17.5 Å². The monoisotopic (exact) mass is 493 g/mol. The lowest BCUT2D eigenvalue weighted by molar-refractivity contribution is -0.0480. The lowest BCUT2D eigenvalue weighted by atomic mass is 9.81. The van der Waals surface area contributed by atoms with Crippen molar-refractivity contribution in [2.45, 2.75) is 55.7 Å². The Labute approximate surface area is 207 Å². The molecule has 186 valence electrons. The topological polar surface area (TPSA) is 49.8 Å². The first-order valence-electron chi connectivity index (χ1n) is 12.3. The number of carbonyl (C=O) groups excluding carboxylic acids is 1. The van der Waals surface area contributed by atoms with Crippen LogP contribution in [0.4, 0.5) is 18.0 Å². The van der Waals surface area contributed by atoms with Gasteiger partial charge in [-0.25, -0.2) is 18.0 Å². The van der Waals surface area contributed by atoms with Gasteiger partial charge in [0.1, 0.15) is 6.61 Å². The van der Waals surface area contributed by atoms with E-state index in [4.69, 9.17) is 4.74 Å². The molecule has 0 spiro atoms. The van der Waals surface area contributed by atoms with Crippen molar-refractivity contribution in [3.05, 3.63) is 94.8 Å². The van der Waals surface area contributed by atoms with Gasteiger partial charge in [-0.15, -0.1) is 0 Å². The Balaban J connectivity index is 1.15. The minimum absolute atomic E-state index is 0.00729. The molecule has 1 amide bonds. The molecule has 36 heavy (non-hydrogen) atoms. The van der Waals surface area contributed by atoms with Crippen LogP contribution in [0.1, 0.15) is 48.3 Å². The van der Waals surface area contributed by atoms with E-state index in [-0.39, 0.29) is 49.4 Å². The van der Waals surface area contributed by atoms with Crippen LogP contribution in [0.25, 0.3) is 11.1 Å². The quantitative estimate of drug-likeness (QED) is 0.457. The summed E-state index contributed by atoms with van der Waals surface area (Å²) in [6, 6.07) is 17.7. The second kappa shape index (κ2) is 8.66. The van der Waals surface area contributed by atoms with E-state index < -0.39 is 29.1 Å². The Morgan fingerprint density at radius 1 is 0.917 bits per heavy atom. The van der Waals surface area contributed by atoms with Crippen LogP contribution in [0.3, 0.4) is 0 Å². The maximum absolute atomic E-state index is 13.7. The number of hydrogen-bond donors (Lipinski definition) is 1. The van der Waals surface area contributed by atoms with Gasteiger partial charge in [-0.2, -0.15) is 0 Å². The summed E-state index contributed by atoms with van der Waals surface area (Å²) in [5, 5.41) is 11.3. The zero-order valence-corrected chi connectivity index (χ0v) is 19.6. The highest BCUT2D eigenvalue weighted by atomic mass is 19.2. The van der Waals surface area contributed by atoms with Crippen molar-refractivity contribution in [1.82, 2.24) is 4.90 Å². The molecule has 1 N–H and O–H groups in total. The third kappa shape index (κ3) is 3.86. The van der Waals surface area contributed by atoms with Gasteiger partial charge >= 0.3 is 6.09 Å². The summed E-state index contributed by atoms with van der Waals surface area (Å²) in [5.74, 6) is -4.10. The normalized spacial score (nSPS) is 24.5. The molecule has 3 aromatic rings. The van der Waals surface area contributed by atoms with Crippen molar-refractivity contribution in [2.24, 2.45) is 0 Å². The van der Waals surface area contributed by atoms with Crippen LogP contribution in [0.2, 0.25) is 0 Å². The molecule has 2 saturated heterocycles. The van der Waals surface area contributed by atoms with E-state index in [0.717, 1.165) is 47.2 Å². The fourth-order valence-corrected chi connectivity index (χ4v) is 6.52. The Morgan fingerprint density at radius 2 is 1.44 bits per heavy atom. The number of rotatable bonds is 4. The first-order chi connectivity index (χ1) is 17.3. The number of benzene rings is 3. The molecule has 2 unspecified atom stereocenters. The number of nitrogens with zero attached hydrogens (tertiary/aromatic N) is 1. The summed E-state index contributed by atoms with van der Waals surface area (Å²) in [5.41, 5.74) is 3.56. The fourth-order valence-electron chi connectivity index (χ4n) is 6.52. The minimum Gasteiger partial charge on any atom is -0.448 e. The maximum Gasteiger partial charge on any atom is 0.410 e. The number of carbonyl (C=O) groups is 1. The van der Waals surface area contributed by atoms with Gasteiger partial charge in [-0.1, -0.05) is 48.5 Å². The van der Waals surface area contributed by atoms with E-state index in [1.807, 2.05) is 24.3 Å². The summed E-state index contributed by atoms with van der Waals surface area (Å²) < 4.78 is 46.6. The molecule has 2 atom stereocenters. The fraction of sp³-hybridized carbons (Fsp3) is 0.345. The summed E-state index contributed by atoms with van der Waals surface area (Å²) in [6.07, 6.45) is 1.59. The van der Waals surface area contributed by atoms with Crippen LogP contribution < -0.4 is 0 Å². The van der Waals surface area contributed by atoms with Gasteiger partial charge in [-0.3, -0.25) is 0 Å². The van der Waals surface area contributed by atoms with Crippen molar-refractivity contribution in [2.75, 3.05) is 6.61 Å². The standard InChI is InChI=1S/C29H26F3NO3/c30-25-11-17(12-26(31)27(25)32)13-29(35)14-18-9-10-19(15-29)33(18)28(34)36-16-24-22-7-3-1-5-20(22)21-6-2-4-8-23(21)24/h1-8,11-12,18-19,24,35H,9-10,13-16H2. The predicted molar refractivity (Wildman–Crippen MR) is 128 cm³/mol. The van der Waals surface area contributed by atoms with Crippen LogP contribution in [0.15, 0.2) is 60.7 Å². The van der Waals surface area contributed by atoms with E-state index in [2.05, 4.69) is 24.3 Å². The highest BCUT2D eigenvalue weighted by Crippen LogP contribution is 2.46. The average Bonchev–Trinajstić information content (AvgIpc) is 3.33. The first kappa shape index (κ1) is 23.1. The van der Waals surface area contributed by atoms with Crippen molar-refractivity contribution in [3.63, 3.8) is 0 Å². The Bertz CT molecular complexity index is 1260. The lowest BCUT2D eigenvalue weighted by Gasteiger charge is -2.43. The zero-order valence-electron chi connectivity index (χ0n) is 19.6. The largest absolute Gasteiger partial charge is 0.448 e. The summed E-state index contributed by atoms with van der Waals surface area (Å²) in [7, 11) is 0. The third-order valence-electron chi connectivity index (χ3n) is 7.97. The van der Waals surface area contributed by atoms with Crippen molar-refractivity contribution in [1.29, 1.82) is 0 Å². The number of fused-ring (bicyclic) bond motifs is 5. The van der Waals surface area contributed by atoms with E-state index in [9.17, 15) is 23.1 Å². The molecule has 2 heterocycles. The molecule has 1 aliphatic carbocycles. The van der Waals surface area contributed by atoms with Gasteiger partial charge in [-0.05, 0) is 65.6 Å². The van der Waals surface area contributed by atoms with Gasteiger partial charge < -0.3 is 14.7 Å². The number of aliphatic hydroxyl groups is 1. The number of ether oxygens (including phenoxy) is 1. The van der Waals surface area contributed by atoms with E-state index >= 15 is 0 Å². The van der Waals surface area contributed by atoms with Crippen LogP contribution in [0.5, 0.6) is 0 Å².